The standard InChI is InChI=1S/C13H18Br2/c1-10(2)12(14)9-5-7-11-6-3-4-8-13(11)15/h3-4,6,8,10,12H,5,7,9H2,1-2H3. The number of hydrogen-bond donors (Lipinski definition) is 0. The Morgan fingerprint density at radius 2 is 1.87 bits per heavy atom. The zero-order valence-electron chi connectivity index (χ0n) is 9.34. The first-order valence-corrected chi connectivity index (χ1v) is 7.19. The van der Waals surface area contributed by atoms with Crippen LogP contribution in [0.5, 0.6) is 0 Å². The molecule has 0 saturated carbocycles. The molecule has 1 atom stereocenters. The van der Waals surface area contributed by atoms with Crippen LogP contribution < -0.4 is 0 Å². The lowest BCUT2D eigenvalue weighted by Crippen LogP contribution is -2.07. The zero-order valence-corrected chi connectivity index (χ0v) is 12.5. The average Bonchev–Trinajstić information content (AvgIpc) is 2.20. The molecule has 2 heteroatoms. The molecule has 1 aromatic rings. The van der Waals surface area contributed by atoms with Crippen molar-refractivity contribution in [3.63, 3.8) is 0 Å². The first-order valence-electron chi connectivity index (χ1n) is 5.48. The maximum Gasteiger partial charge on any atom is 0.0207 e. The van der Waals surface area contributed by atoms with E-state index in [1.54, 1.807) is 0 Å². The Hall–Kier alpha value is 0.180. The molecular formula is C13H18Br2. The van der Waals surface area contributed by atoms with Crippen molar-refractivity contribution in [2.45, 2.75) is 37.9 Å². The number of halogens is 2. The minimum Gasteiger partial charge on any atom is -0.0888 e. The van der Waals surface area contributed by atoms with Gasteiger partial charge in [-0.25, -0.2) is 0 Å². The van der Waals surface area contributed by atoms with E-state index in [9.17, 15) is 0 Å². The first kappa shape index (κ1) is 13.2. The number of hydrogen-bond acceptors (Lipinski definition) is 0. The molecule has 0 amide bonds. The van der Waals surface area contributed by atoms with Crippen molar-refractivity contribution in [3.8, 4) is 0 Å². The summed E-state index contributed by atoms with van der Waals surface area (Å²) in [5.74, 6) is 0.726. The van der Waals surface area contributed by atoms with Gasteiger partial charge in [-0.1, -0.05) is 63.9 Å². The van der Waals surface area contributed by atoms with Crippen molar-refractivity contribution >= 4 is 31.9 Å². The SMILES string of the molecule is CC(C)C(Br)CCCc1ccccc1Br. The van der Waals surface area contributed by atoms with Crippen molar-refractivity contribution in [1.82, 2.24) is 0 Å². The highest BCUT2D eigenvalue weighted by molar-refractivity contribution is 9.10. The van der Waals surface area contributed by atoms with E-state index >= 15 is 0 Å². The highest BCUT2D eigenvalue weighted by Gasteiger charge is 2.08. The first-order chi connectivity index (χ1) is 7.11. The largest absolute Gasteiger partial charge is 0.0888 e. The number of benzene rings is 1. The van der Waals surface area contributed by atoms with Crippen LogP contribution in [0, 0.1) is 5.92 Å². The lowest BCUT2D eigenvalue weighted by atomic mass is 10.0. The third-order valence-corrected chi connectivity index (χ3v) is 4.90. The summed E-state index contributed by atoms with van der Waals surface area (Å²) in [5.41, 5.74) is 1.42. The van der Waals surface area contributed by atoms with Gasteiger partial charge in [-0.05, 0) is 36.8 Å². The summed E-state index contributed by atoms with van der Waals surface area (Å²) in [5, 5.41) is 0. The van der Waals surface area contributed by atoms with Gasteiger partial charge in [-0.2, -0.15) is 0 Å². The maximum atomic E-state index is 3.72. The molecule has 0 heterocycles. The molecule has 1 unspecified atom stereocenters. The van der Waals surface area contributed by atoms with E-state index in [2.05, 4.69) is 70.0 Å². The van der Waals surface area contributed by atoms with Gasteiger partial charge in [0.05, 0.1) is 0 Å². The van der Waals surface area contributed by atoms with Gasteiger partial charge in [0.2, 0.25) is 0 Å². The molecule has 0 aromatic heterocycles. The van der Waals surface area contributed by atoms with E-state index in [0.717, 1.165) is 12.3 Å². The summed E-state index contributed by atoms with van der Waals surface area (Å²) in [6.07, 6.45) is 3.66. The second-order valence-corrected chi connectivity index (χ2v) is 6.27. The molecule has 0 fully saturated rings. The van der Waals surface area contributed by atoms with Crippen LogP contribution in [0.4, 0.5) is 0 Å². The molecular weight excluding hydrogens is 316 g/mol. The van der Waals surface area contributed by atoms with Crippen LogP contribution >= 0.6 is 31.9 Å². The summed E-state index contributed by atoms with van der Waals surface area (Å²) >= 11 is 7.30. The van der Waals surface area contributed by atoms with Crippen molar-refractivity contribution in [2.24, 2.45) is 5.92 Å². The molecule has 0 aliphatic carbocycles. The van der Waals surface area contributed by atoms with E-state index in [4.69, 9.17) is 0 Å². The molecule has 0 nitrogen and oxygen atoms in total. The van der Waals surface area contributed by atoms with Crippen LogP contribution in [0.3, 0.4) is 0 Å². The molecule has 0 saturated heterocycles. The van der Waals surface area contributed by atoms with Crippen molar-refractivity contribution in [3.05, 3.63) is 34.3 Å². The van der Waals surface area contributed by atoms with E-state index < -0.39 is 0 Å². The highest BCUT2D eigenvalue weighted by Crippen LogP contribution is 2.22. The molecule has 0 radical (unpaired) electrons. The Kier molecular flexibility index (Phi) is 5.91. The topological polar surface area (TPSA) is 0 Å². The minimum absolute atomic E-state index is 0.653. The van der Waals surface area contributed by atoms with E-state index in [1.807, 2.05) is 0 Å². The summed E-state index contributed by atoms with van der Waals surface area (Å²) in [6.45, 7) is 4.52. The number of alkyl halides is 1. The normalized spacial score (nSPS) is 13.1. The smallest absolute Gasteiger partial charge is 0.0207 e. The summed E-state index contributed by atoms with van der Waals surface area (Å²) in [7, 11) is 0. The third-order valence-electron chi connectivity index (χ3n) is 2.61. The van der Waals surface area contributed by atoms with Gasteiger partial charge in [-0.15, -0.1) is 0 Å². The van der Waals surface area contributed by atoms with Gasteiger partial charge in [-0.3, -0.25) is 0 Å². The summed E-state index contributed by atoms with van der Waals surface area (Å²) in [4.78, 5) is 0.653. The lowest BCUT2D eigenvalue weighted by Gasteiger charge is -2.13. The Labute approximate surface area is 110 Å². The molecule has 1 rings (SSSR count). The Bertz CT molecular complexity index is 294. The molecule has 15 heavy (non-hydrogen) atoms. The second kappa shape index (κ2) is 6.70. The van der Waals surface area contributed by atoms with E-state index in [-0.39, 0.29) is 0 Å². The number of aryl methyl sites for hydroxylation is 1. The highest BCUT2D eigenvalue weighted by atomic mass is 79.9. The fraction of sp³-hybridized carbons (Fsp3) is 0.538. The molecule has 1 aromatic carbocycles. The maximum absolute atomic E-state index is 3.72. The van der Waals surface area contributed by atoms with Gasteiger partial charge in [0.15, 0.2) is 0 Å². The van der Waals surface area contributed by atoms with Gasteiger partial charge >= 0.3 is 0 Å². The predicted molar refractivity (Wildman–Crippen MR) is 74.6 cm³/mol. The molecule has 0 aliphatic heterocycles. The lowest BCUT2D eigenvalue weighted by molar-refractivity contribution is 0.562. The number of rotatable bonds is 5. The fourth-order valence-electron chi connectivity index (χ4n) is 1.52. The third kappa shape index (κ3) is 4.69. The average molecular weight is 334 g/mol. The second-order valence-electron chi connectivity index (χ2n) is 4.24. The van der Waals surface area contributed by atoms with E-state index in [1.165, 1.54) is 22.9 Å². The Morgan fingerprint density at radius 1 is 1.20 bits per heavy atom. The van der Waals surface area contributed by atoms with Crippen LogP contribution in [0.15, 0.2) is 28.7 Å². The summed E-state index contributed by atoms with van der Waals surface area (Å²) in [6, 6.07) is 8.48. The predicted octanol–water partition coefficient (Wildman–Crippen LogP) is 5.19. The molecule has 0 aliphatic rings. The van der Waals surface area contributed by atoms with Crippen LogP contribution in [0.25, 0.3) is 0 Å². The van der Waals surface area contributed by atoms with E-state index in [0.29, 0.717) is 4.83 Å². The van der Waals surface area contributed by atoms with Gasteiger partial charge < -0.3 is 0 Å². The molecule has 84 valence electrons. The Balaban J connectivity index is 2.35. The van der Waals surface area contributed by atoms with Crippen LogP contribution in [-0.2, 0) is 6.42 Å². The van der Waals surface area contributed by atoms with Crippen molar-refractivity contribution in [2.75, 3.05) is 0 Å². The summed E-state index contributed by atoms with van der Waals surface area (Å²) < 4.78 is 1.24. The minimum atomic E-state index is 0.653. The fourth-order valence-corrected chi connectivity index (χ4v) is 2.33. The quantitative estimate of drug-likeness (QED) is 0.650. The van der Waals surface area contributed by atoms with Crippen molar-refractivity contribution in [1.29, 1.82) is 0 Å². The monoisotopic (exact) mass is 332 g/mol. The van der Waals surface area contributed by atoms with Crippen LogP contribution in [0.1, 0.15) is 32.3 Å². The Morgan fingerprint density at radius 3 is 2.47 bits per heavy atom. The van der Waals surface area contributed by atoms with Crippen molar-refractivity contribution < 1.29 is 0 Å². The van der Waals surface area contributed by atoms with Gasteiger partial charge in [0, 0.05) is 9.30 Å². The zero-order chi connectivity index (χ0) is 11.3. The molecule has 0 N–H and O–H groups in total. The molecule has 0 spiro atoms. The van der Waals surface area contributed by atoms with Gasteiger partial charge in [0.25, 0.3) is 0 Å². The van der Waals surface area contributed by atoms with Gasteiger partial charge in [0.1, 0.15) is 0 Å². The molecule has 0 bridgehead atoms. The van der Waals surface area contributed by atoms with Crippen LogP contribution in [0.2, 0.25) is 0 Å². The van der Waals surface area contributed by atoms with Crippen LogP contribution in [-0.4, -0.2) is 4.83 Å².